The Morgan fingerprint density at radius 3 is 2.45 bits per heavy atom. The van der Waals surface area contributed by atoms with Crippen LogP contribution in [0.3, 0.4) is 0 Å². The highest BCUT2D eigenvalue weighted by atomic mass is 79.9. The molecule has 0 atom stereocenters. The zero-order chi connectivity index (χ0) is 15.4. The van der Waals surface area contributed by atoms with Crippen LogP contribution in [0.2, 0.25) is 0 Å². The fourth-order valence-electron chi connectivity index (χ4n) is 2.17. The van der Waals surface area contributed by atoms with Crippen molar-refractivity contribution in [3.63, 3.8) is 0 Å². The largest absolute Gasteiger partial charge is 0.407 e. The topological polar surface area (TPSA) is 38.7 Å². The van der Waals surface area contributed by atoms with Crippen LogP contribution in [-0.2, 0) is 16.0 Å². The molecule has 2 aromatic carbocycles. The summed E-state index contributed by atoms with van der Waals surface area (Å²) in [4.78, 5) is 16.1. The Kier molecular flexibility index (Phi) is 4.49. The summed E-state index contributed by atoms with van der Waals surface area (Å²) in [5, 5.41) is 0. The molecule has 0 N–H and O–H groups in total. The van der Waals surface area contributed by atoms with Gasteiger partial charge in [-0.15, -0.1) is 0 Å². The minimum absolute atomic E-state index is 0.352. The molecule has 0 amide bonds. The molecule has 0 saturated carbocycles. The Bertz CT molecular complexity index is 733. The van der Waals surface area contributed by atoms with Crippen molar-refractivity contribution in [3.05, 3.63) is 75.9 Å². The van der Waals surface area contributed by atoms with Gasteiger partial charge < -0.3 is 4.74 Å². The SMILES string of the molecule is O=C1OC(CCc2ccccc2)=N/C1=C/c1ccc(Br)cc1. The van der Waals surface area contributed by atoms with Gasteiger partial charge in [0.2, 0.25) is 0 Å². The van der Waals surface area contributed by atoms with Gasteiger partial charge in [-0.3, -0.25) is 0 Å². The van der Waals surface area contributed by atoms with Crippen LogP contribution < -0.4 is 0 Å². The third kappa shape index (κ3) is 3.71. The lowest BCUT2D eigenvalue weighted by Crippen LogP contribution is -2.05. The quantitative estimate of drug-likeness (QED) is 0.602. The van der Waals surface area contributed by atoms with Gasteiger partial charge in [-0.2, -0.15) is 0 Å². The van der Waals surface area contributed by atoms with Gasteiger partial charge >= 0.3 is 5.97 Å². The fourth-order valence-corrected chi connectivity index (χ4v) is 2.44. The first kappa shape index (κ1) is 14.7. The van der Waals surface area contributed by atoms with Gasteiger partial charge in [0.25, 0.3) is 0 Å². The highest BCUT2D eigenvalue weighted by molar-refractivity contribution is 9.10. The molecular weight excluding hydrogens is 342 g/mol. The second-order valence-electron chi connectivity index (χ2n) is 4.96. The molecule has 0 radical (unpaired) electrons. The first-order valence-corrected chi connectivity index (χ1v) is 7.81. The maximum Gasteiger partial charge on any atom is 0.363 e. The summed E-state index contributed by atoms with van der Waals surface area (Å²) in [6.07, 6.45) is 3.16. The van der Waals surface area contributed by atoms with Crippen LogP contribution in [0.5, 0.6) is 0 Å². The van der Waals surface area contributed by atoms with Crippen molar-refractivity contribution in [3.8, 4) is 0 Å². The van der Waals surface area contributed by atoms with Crippen molar-refractivity contribution >= 4 is 33.9 Å². The van der Waals surface area contributed by atoms with Crippen LogP contribution in [0.25, 0.3) is 6.08 Å². The summed E-state index contributed by atoms with van der Waals surface area (Å²) in [6, 6.07) is 17.8. The number of benzene rings is 2. The molecule has 0 aromatic heterocycles. The lowest BCUT2D eigenvalue weighted by molar-refractivity contribution is -0.130. The van der Waals surface area contributed by atoms with E-state index in [9.17, 15) is 4.79 Å². The number of aryl methyl sites for hydroxylation is 1. The zero-order valence-electron chi connectivity index (χ0n) is 11.8. The predicted molar refractivity (Wildman–Crippen MR) is 90.4 cm³/mol. The monoisotopic (exact) mass is 355 g/mol. The number of halogens is 1. The standard InChI is InChI=1S/C18H14BrNO2/c19-15-9-6-14(7-10-15)12-16-18(21)22-17(20-16)11-8-13-4-2-1-3-5-13/h1-7,9-10,12H,8,11H2/b16-12+. The van der Waals surface area contributed by atoms with Gasteiger partial charge in [0.15, 0.2) is 11.6 Å². The molecule has 0 spiro atoms. The first-order chi connectivity index (χ1) is 10.7. The Labute approximate surface area is 137 Å². The van der Waals surface area contributed by atoms with Gasteiger partial charge in [0, 0.05) is 10.9 Å². The van der Waals surface area contributed by atoms with Crippen molar-refractivity contribution in [2.24, 2.45) is 4.99 Å². The number of hydrogen-bond acceptors (Lipinski definition) is 3. The lowest BCUT2D eigenvalue weighted by atomic mass is 10.1. The average molecular weight is 356 g/mol. The number of hydrogen-bond donors (Lipinski definition) is 0. The molecule has 0 fully saturated rings. The van der Waals surface area contributed by atoms with Crippen molar-refractivity contribution in [2.45, 2.75) is 12.8 Å². The van der Waals surface area contributed by atoms with Crippen LogP contribution >= 0.6 is 15.9 Å². The maximum absolute atomic E-state index is 11.9. The van der Waals surface area contributed by atoms with Crippen molar-refractivity contribution in [1.29, 1.82) is 0 Å². The van der Waals surface area contributed by atoms with E-state index in [1.54, 1.807) is 6.08 Å². The molecule has 1 heterocycles. The molecule has 0 saturated heterocycles. The maximum atomic E-state index is 11.9. The molecule has 3 rings (SSSR count). The molecule has 110 valence electrons. The van der Waals surface area contributed by atoms with Gasteiger partial charge in [0.1, 0.15) is 0 Å². The molecule has 22 heavy (non-hydrogen) atoms. The van der Waals surface area contributed by atoms with E-state index < -0.39 is 0 Å². The van der Waals surface area contributed by atoms with E-state index in [4.69, 9.17) is 4.74 Å². The Morgan fingerprint density at radius 1 is 1.00 bits per heavy atom. The number of esters is 1. The lowest BCUT2D eigenvalue weighted by Gasteiger charge is -1.99. The molecule has 4 heteroatoms. The van der Waals surface area contributed by atoms with E-state index in [0.29, 0.717) is 18.0 Å². The third-order valence-electron chi connectivity index (χ3n) is 3.31. The van der Waals surface area contributed by atoms with Gasteiger partial charge in [-0.1, -0.05) is 58.4 Å². The smallest absolute Gasteiger partial charge is 0.363 e. The second-order valence-corrected chi connectivity index (χ2v) is 5.88. The highest BCUT2D eigenvalue weighted by Gasteiger charge is 2.22. The summed E-state index contributed by atoms with van der Waals surface area (Å²) < 4.78 is 6.22. The van der Waals surface area contributed by atoms with E-state index in [-0.39, 0.29) is 5.97 Å². The average Bonchev–Trinajstić information content (AvgIpc) is 2.89. The Hall–Kier alpha value is -2.20. The number of nitrogens with zero attached hydrogens (tertiary/aromatic N) is 1. The zero-order valence-corrected chi connectivity index (χ0v) is 13.4. The number of carbonyl (C=O) groups excluding carboxylic acids is 1. The fraction of sp³-hybridized carbons (Fsp3) is 0.111. The van der Waals surface area contributed by atoms with Gasteiger partial charge in [0.05, 0.1) is 0 Å². The number of ether oxygens (including phenoxy) is 1. The van der Waals surface area contributed by atoms with Gasteiger partial charge in [-0.05, 0) is 35.8 Å². The number of cyclic esters (lactones) is 1. The van der Waals surface area contributed by atoms with E-state index in [1.807, 2.05) is 42.5 Å². The molecule has 1 aliphatic heterocycles. The summed E-state index contributed by atoms with van der Waals surface area (Å²) in [5.74, 6) is 0.100. The predicted octanol–water partition coefficient (Wildman–Crippen LogP) is 4.38. The molecular formula is C18H14BrNO2. The number of rotatable bonds is 4. The van der Waals surface area contributed by atoms with Gasteiger partial charge in [-0.25, -0.2) is 9.79 Å². The minimum atomic E-state index is -0.383. The highest BCUT2D eigenvalue weighted by Crippen LogP contribution is 2.19. The summed E-state index contributed by atoms with van der Waals surface area (Å²) >= 11 is 3.38. The minimum Gasteiger partial charge on any atom is -0.407 e. The van der Waals surface area contributed by atoms with Crippen LogP contribution in [0, 0.1) is 0 Å². The van der Waals surface area contributed by atoms with Crippen molar-refractivity contribution in [2.75, 3.05) is 0 Å². The molecule has 3 nitrogen and oxygen atoms in total. The number of carbonyl (C=O) groups is 1. The van der Waals surface area contributed by atoms with Crippen LogP contribution in [0.15, 0.2) is 69.8 Å². The van der Waals surface area contributed by atoms with Crippen molar-refractivity contribution < 1.29 is 9.53 Å². The van der Waals surface area contributed by atoms with Crippen LogP contribution in [0.1, 0.15) is 17.5 Å². The molecule has 0 bridgehead atoms. The Morgan fingerprint density at radius 2 is 1.73 bits per heavy atom. The normalized spacial score (nSPS) is 15.8. The second kappa shape index (κ2) is 6.71. The molecule has 2 aromatic rings. The first-order valence-electron chi connectivity index (χ1n) is 7.02. The van der Waals surface area contributed by atoms with E-state index in [2.05, 4.69) is 33.1 Å². The van der Waals surface area contributed by atoms with E-state index in [0.717, 1.165) is 16.5 Å². The summed E-state index contributed by atoms with van der Waals surface area (Å²) in [7, 11) is 0. The van der Waals surface area contributed by atoms with Crippen LogP contribution in [0.4, 0.5) is 0 Å². The van der Waals surface area contributed by atoms with E-state index in [1.165, 1.54) is 5.56 Å². The van der Waals surface area contributed by atoms with Crippen LogP contribution in [-0.4, -0.2) is 11.9 Å². The van der Waals surface area contributed by atoms with E-state index >= 15 is 0 Å². The molecule has 0 aliphatic carbocycles. The van der Waals surface area contributed by atoms with Crippen molar-refractivity contribution in [1.82, 2.24) is 0 Å². The third-order valence-corrected chi connectivity index (χ3v) is 3.84. The number of aliphatic imine (C=N–C) groups is 1. The summed E-state index contributed by atoms with van der Waals surface area (Å²) in [5.41, 5.74) is 2.47. The molecule has 0 unspecified atom stereocenters. The summed E-state index contributed by atoms with van der Waals surface area (Å²) in [6.45, 7) is 0. The Balaban J connectivity index is 1.70. The molecule has 1 aliphatic rings.